The molecule has 2 heterocycles. The van der Waals surface area contributed by atoms with Crippen molar-refractivity contribution >= 4 is 5.52 Å². The highest BCUT2D eigenvalue weighted by Gasteiger charge is 2.02. The molecule has 0 saturated heterocycles. The van der Waals surface area contributed by atoms with Gasteiger partial charge in [-0.1, -0.05) is 13.8 Å². The van der Waals surface area contributed by atoms with Gasteiger partial charge in [-0.3, -0.25) is 4.79 Å². The van der Waals surface area contributed by atoms with Crippen molar-refractivity contribution in [3.05, 3.63) is 35.0 Å². The van der Waals surface area contributed by atoms with Gasteiger partial charge in [-0.15, -0.1) is 0 Å². The molecule has 5 heteroatoms. The van der Waals surface area contributed by atoms with Gasteiger partial charge in [0.2, 0.25) is 0 Å². The molecule has 2 rings (SSSR count). The third kappa shape index (κ3) is 2.98. The van der Waals surface area contributed by atoms with Crippen LogP contribution in [0.4, 0.5) is 0 Å². The van der Waals surface area contributed by atoms with Crippen molar-refractivity contribution in [2.45, 2.75) is 26.8 Å². The second kappa shape index (κ2) is 5.82. The normalized spacial score (nSPS) is 11.5. The summed E-state index contributed by atoms with van der Waals surface area (Å²) in [5.41, 5.74) is 0.659. The molecule has 2 aromatic rings. The smallest absolute Gasteiger partial charge is 0.276 e. The first-order chi connectivity index (χ1) is 8.68. The molecule has 0 aromatic carbocycles. The second-order valence-corrected chi connectivity index (χ2v) is 4.91. The van der Waals surface area contributed by atoms with Crippen LogP contribution in [0.25, 0.3) is 5.52 Å². The standard InChI is InChI=1S/C13H20N4O/c1-11(2)10-14-5-3-7-16-8-9-17-12(13(16)18)4-6-15-17/h4,6,8-9,11,14H,3,5,7,10H2,1-2H3. The first-order valence-electron chi connectivity index (χ1n) is 6.42. The average molecular weight is 248 g/mol. The molecule has 0 amide bonds. The fraction of sp³-hybridized carbons (Fsp3) is 0.538. The molecule has 0 fully saturated rings. The van der Waals surface area contributed by atoms with Gasteiger partial charge >= 0.3 is 0 Å². The lowest BCUT2D eigenvalue weighted by molar-refractivity contribution is 0.517. The minimum Gasteiger partial charge on any atom is -0.316 e. The minimum absolute atomic E-state index is 0.0267. The molecule has 0 bridgehead atoms. The van der Waals surface area contributed by atoms with Crippen molar-refractivity contribution in [3.63, 3.8) is 0 Å². The van der Waals surface area contributed by atoms with Crippen LogP contribution in [-0.4, -0.2) is 27.3 Å². The highest BCUT2D eigenvalue weighted by Crippen LogP contribution is 1.95. The fourth-order valence-corrected chi connectivity index (χ4v) is 1.90. The van der Waals surface area contributed by atoms with E-state index in [-0.39, 0.29) is 5.56 Å². The minimum atomic E-state index is 0.0267. The van der Waals surface area contributed by atoms with E-state index in [9.17, 15) is 4.79 Å². The molecule has 5 nitrogen and oxygen atoms in total. The number of hydrogen-bond donors (Lipinski definition) is 1. The van der Waals surface area contributed by atoms with Gasteiger partial charge in [0.25, 0.3) is 5.56 Å². The van der Waals surface area contributed by atoms with Gasteiger partial charge in [-0.05, 0) is 31.5 Å². The monoisotopic (exact) mass is 248 g/mol. The fourth-order valence-electron chi connectivity index (χ4n) is 1.90. The van der Waals surface area contributed by atoms with E-state index < -0.39 is 0 Å². The lowest BCUT2D eigenvalue weighted by Crippen LogP contribution is -2.25. The van der Waals surface area contributed by atoms with Crippen molar-refractivity contribution < 1.29 is 0 Å². The van der Waals surface area contributed by atoms with E-state index in [1.807, 2.05) is 6.20 Å². The third-order valence-electron chi connectivity index (χ3n) is 2.84. The summed E-state index contributed by atoms with van der Waals surface area (Å²) in [6.07, 6.45) is 6.21. The van der Waals surface area contributed by atoms with E-state index in [1.165, 1.54) is 0 Å². The third-order valence-corrected chi connectivity index (χ3v) is 2.84. The SMILES string of the molecule is CC(C)CNCCCn1ccn2nccc2c1=O. The van der Waals surface area contributed by atoms with Crippen LogP contribution in [0.5, 0.6) is 0 Å². The van der Waals surface area contributed by atoms with Crippen LogP contribution in [0.3, 0.4) is 0 Å². The van der Waals surface area contributed by atoms with Crippen LogP contribution in [0.2, 0.25) is 0 Å². The molecule has 0 saturated carbocycles. The maximum Gasteiger partial charge on any atom is 0.276 e. The summed E-state index contributed by atoms with van der Waals surface area (Å²) in [4.78, 5) is 12.0. The van der Waals surface area contributed by atoms with Crippen molar-refractivity contribution in [1.82, 2.24) is 19.5 Å². The van der Waals surface area contributed by atoms with Crippen LogP contribution in [0.1, 0.15) is 20.3 Å². The molecular weight excluding hydrogens is 228 g/mol. The number of nitrogens with zero attached hydrogens (tertiary/aromatic N) is 3. The summed E-state index contributed by atoms with van der Waals surface area (Å²) in [6, 6.07) is 1.75. The summed E-state index contributed by atoms with van der Waals surface area (Å²) < 4.78 is 3.35. The summed E-state index contributed by atoms with van der Waals surface area (Å²) in [5.74, 6) is 0.663. The summed E-state index contributed by atoms with van der Waals surface area (Å²) >= 11 is 0. The van der Waals surface area contributed by atoms with E-state index in [1.54, 1.807) is 27.5 Å². The maximum atomic E-state index is 12.0. The van der Waals surface area contributed by atoms with E-state index >= 15 is 0 Å². The van der Waals surface area contributed by atoms with E-state index in [2.05, 4.69) is 24.3 Å². The van der Waals surface area contributed by atoms with Gasteiger partial charge in [-0.25, -0.2) is 4.52 Å². The van der Waals surface area contributed by atoms with E-state index in [4.69, 9.17) is 0 Å². The number of fused-ring (bicyclic) bond motifs is 1. The Morgan fingerprint density at radius 1 is 1.39 bits per heavy atom. The molecule has 18 heavy (non-hydrogen) atoms. The largest absolute Gasteiger partial charge is 0.316 e. The predicted molar refractivity (Wildman–Crippen MR) is 71.8 cm³/mol. The molecule has 0 aliphatic carbocycles. The van der Waals surface area contributed by atoms with Crippen molar-refractivity contribution in [3.8, 4) is 0 Å². The van der Waals surface area contributed by atoms with Crippen molar-refractivity contribution in [1.29, 1.82) is 0 Å². The Labute approximate surface area is 106 Å². The van der Waals surface area contributed by atoms with Gasteiger partial charge in [0, 0.05) is 18.9 Å². The highest BCUT2D eigenvalue weighted by molar-refractivity contribution is 5.42. The molecule has 0 spiro atoms. The molecule has 98 valence electrons. The lowest BCUT2D eigenvalue weighted by Gasteiger charge is -2.08. The topological polar surface area (TPSA) is 51.3 Å². The molecule has 0 atom stereocenters. The van der Waals surface area contributed by atoms with E-state index in [0.717, 1.165) is 26.1 Å². The Bertz CT molecular complexity index is 555. The summed E-state index contributed by atoms with van der Waals surface area (Å²) in [5, 5.41) is 7.41. The first kappa shape index (κ1) is 12.8. The first-order valence-corrected chi connectivity index (χ1v) is 6.42. The number of rotatable bonds is 6. The second-order valence-electron chi connectivity index (χ2n) is 4.91. The quantitative estimate of drug-likeness (QED) is 0.780. The highest BCUT2D eigenvalue weighted by atomic mass is 16.1. The van der Waals surface area contributed by atoms with Gasteiger partial charge in [0.1, 0.15) is 5.52 Å². The van der Waals surface area contributed by atoms with Gasteiger partial charge < -0.3 is 9.88 Å². The van der Waals surface area contributed by atoms with Crippen LogP contribution in [0, 0.1) is 5.92 Å². The van der Waals surface area contributed by atoms with Crippen LogP contribution < -0.4 is 10.9 Å². The summed E-state index contributed by atoms with van der Waals surface area (Å²) in [6.45, 7) is 7.08. The van der Waals surface area contributed by atoms with Gasteiger partial charge in [0.05, 0.1) is 6.20 Å². The Kier molecular flexibility index (Phi) is 4.15. The number of hydrogen-bond acceptors (Lipinski definition) is 3. The van der Waals surface area contributed by atoms with Crippen LogP contribution in [-0.2, 0) is 6.54 Å². The van der Waals surface area contributed by atoms with Gasteiger partial charge in [0.15, 0.2) is 0 Å². The molecule has 2 aromatic heterocycles. The zero-order valence-corrected chi connectivity index (χ0v) is 11.0. The zero-order chi connectivity index (χ0) is 13.0. The average Bonchev–Trinajstić information content (AvgIpc) is 2.80. The van der Waals surface area contributed by atoms with Gasteiger partial charge in [-0.2, -0.15) is 5.10 Å². The van der Waals surface area contributed by atoms with Crippen molar-refractivity contribution in [2.24, 2.45) is 5.92 Å². The molecule has 0 unspecified atom stereocenters. The lowest BCUT2D eigenvalue weighted by atomic mass is 10.2. The number of aryl methyl sites for hydroxylation is 1. The molecule has 0 aliphatic rings. The Morgan fingerprint density at radius 2 is 2.22 bits per heavy atom. The molecule has 0 radical (unpaired) electrons. The maximum absolute atomic E-state index is 12.0. The Morgan fingerprint density at radius 3 is 3.00 bits per heavy atom. The van der Waals surface area contributed by atoms with E-state index in [0.29, 0.717) is 11.4 Å². The van der Waals surface area contributed by atoms with Crippen LogP contribution >= 0.6 is 0 Å². The molecule has 1 N–H and O–H groups in total. The van der Waals surface area contributed by atoms with Crippen molar-refractivity contribution in [2.75, 3.05) is 13.1 Å². The Hall–Kier alpha value is -1.62. The predicted octanol–water partition coefficient (Wildman–Crippen LogP) is 1.13. The van der Waals surface area contributed by atoms with Crippen LogP contribution in [0.15, 0.2) is 29.5 Å². The molecule has 0 aliphatic heterocycles. The number of aromatic nitrogens is 3. The zero-order valence-electron chi connectivity index (χ0n) is 11.0. The number of nitrogens with one attached hydrogen (secondary N) is 1. The summed E-state index contributed by atoms with van der Waals surface area (Å²) in [7, 11) is 0. The molecular formula is C13H20N4O. The Balaban J connectivity index is 1.91.